The van der Waals surface area contributed by atoms with Crippen LogP contribution in [0.4, 0.5) is 0 Å². The Balaban J connectivity index is 1.87. The first kappa shape index (κ1) is 18.2. The summed E-state index contributed by atoms with van der Waals surface area (Å²) in [6.07, 6.45) is 1.75. The van der Waals surface area contributed by atoms with E-state index in [0.717, 1.165) is 23.4 Å². The Kier molecular flexibility index (Phi) is 5.16. The number of carbonyl (C=O) groups excluding carboxylic acids is 2. The van der Waals surface area contributed by atoms with Gasteiger partial charge in [-0.05, 0) is 55.9 Å². The molecule has 0 spiro atoms. The van der Waals surface area contributed by atoms with Crippen LogP contribution in [0.25, 0.3) is 0 Å². The highest BCUT2D eigenvalue weighted by atomic mass is 16.5. The lowest BCUT2D eigenvalue weighted by atomic mass is 9.81. The molecule has 1 heterocycles. The number of rotatable bonds is 5. The first-order valence-corrected chi connectivity index (χ1v) is 9.04. The number of esters is 1. The first-order valence-electron chi connectivity index (χ1n) is 9.04. The molecule has 26 heavy (non-hydrogen) atoms. The number of benzene rings is 1. The zero-order valence-corrected chi connectivity index (χ0v) is 15.7. The van der Waals surface area contributed by atoms with Crippen molar-refractivity contribution in [3.8, 4) is 5.75 Å². The third-order valence-corrected chi connectivity index (χ3v) is 5.16. The van der Waals surface area contributed by atoms with Gasteiger partial charge in [-0.1, -0.05) is 19.1 Å². The Morgan fingerprint density at radius 1 is 1.27 bits per heavy atom. The van der Waals surface area contributed by atoms with Gasteiger partial charge in [0.05, 0.1) is 13.2 Å². The SMILES string of the molecule is CCC(C)OC(=O)c1[nH]c2c(c1C)C(=O)CC(c1ccc(OC)cc1)C2. The summed E-state index contributed by atoms with van der Waals surface area (Å²) in [5, 5.41) is 0. The van der Waals surface area contributed by atoms with E-state index < -0.39 is 0 Å². The molecule has 0 saturated carbocycles. The number of aromatic amines is 1. The number of fused-ring (bicyclic) bond motifs is 1. The van der Waals surface area contributed by atoms with Gasteiger partial charge in [0.15, 0.2) is 5.78 Å². The number of H-pyrrole nitrogens is 1. The van der Waals surface area contributed by atoms with E-state index in [9.17, 15) is 9.59 Å². The van der Waals surface area contributed by atoms with Crippen molar-refractivity contribution in [3.63, 3.8) is 0 Å². The molecule has 3 rings (SSSR count). The topological polar surface area (TPSA) is 68.4 Å². The minimum absolute atomic E-state index is 0.0726. The Morgan fingerprint density at radius 2 is 1.96 bits per heavy atom. The predicted molar refractivity (Wildman–Crippen MR) is 99.1 cm³/mol. The molecule has 1 N–H and O–H groups in total. The lowest BCUT2D eigenvalue weighted by Crippen LogP contribution is -2.18. The summed E-state index contributed by atoms with van der Waals surface area (Å²) in [5.74, 6) is 0.572. The number of ether oxygens (including phenoxy) is 2. The van der Waals surface area contributed by atoms with E-state index in [-0.39, 0.29) is 23.8 Å². The van der Waals surface area contributed by atoms with Gasteiger partial charge in [-0.2, -0.15) is 0 Å². The summed E-state index contributed by atoms with van der Waals surface area (Å²) in [7, 11) is 1.63. The molecular weight excluding hydrogens is 330 g/mol. The van der Waals surface area contributed by atoms with Crippen LogP contribution < -0.4 is 4.74 Å². The summed E-state index contributed by atoms with van der Waals surface area (Å²) in [5.41, 5.74) is 3.69. The highest BCUT2D eigenvalue weighted by Crippen LogP contribution is 2.35. The van der Waals surface area contributed by atoms with E-state index in [0.29, 0.717) is 29.7 Å². The molecule has 1 aliphatic carbocycles. The molecular formula is C21H25NO4. The average Bonchev–Trinajstić information content (AvgIpc) is 2.98. The number of methoxy groups -OCH3 is 1. The summed E-state index contributed by atoms with van der Waals surface area (Å²) in [6.45, 7) is 5.64. The van der Waals surface area contributed by atoms with E-state index in [1.807, 2.05) is 45.0 Å². The Labute approximate surface area is 153 Å². The second-order valence-electron chi connectivity index (χ2n) is 6.90. The molecule has 2 atom stereocenters. The molecule has 0 bridgehead atoms. The second kappa shape index (κ2) is 7.36. The molecule has 5 heteroatoms. The number of nitrogens with one attached hydrogen (secondary N) is 1. The minimum atomic E-state index is -0.389. The molecule has 1 aromatic carbocycles. The van der Waals surface area contributed by atoms with E-state index in [1.165, 1.54) is 0 Å². The van der Waals surface area contributed by atoms with Crippen molar-refractivity contribution in [2.45, 2.75) is 52.1 Å². The zero-order valence-electron chi connectivity index (χ0n) is 15.7. The van der Waals surface area contributed by atoms with Gasteiger partial charge in [0.25, 0.3) is 0 Å². The molecule has 1 aliphatic rings. The number of Topliss-reactive ketones (excluding diaryl/α,β-unsaturated/α-hetero) is 1. The number of ketones is 1. The lowest BCUT2D eigenvalue weighted by Gasteiger charge is -2.22. The molecule has 2 unspecified atom stereocenters. The number of carbonyl (C=O) groups is 2. The van der Waals surface area contributed by atoms with Crippen molar-refractivity contribution in [1.82, 2.24) is 4.98 Å². The summed E-state index contributed by atoms with van der Waals surface area (Å²) >= 11 is 0. The van der Waals surface area contributed by atoms with Crippen LogP contribution >= 0.6 is 0 Å². The van der Waals surface area contributed by atoms with Crippen molar-refractivity contribution in [1.29, 1.82) is 0 Å². The molecule has 0 saturated heterocycles. The van der Waals surface area contributed by atoms with Crippen molar-refractivity contribution < 1.29 is 19.1 Å². The smallest absolute Gasteiger partial charge is 0.355 e. The fraction of sp³-hybridized carbons (Fsp3) is 0.429. The fourth-order valence-corrected chi connectivity index (χ4v) is 3.47. The number of hydrogen-bond donors (Lipinski definition) is 1. The van der Waals surface area contributed by atoms with Gasteiger partial charge < -0.3 is 14.5 Å². The third-order valence-electron chi connectivity index (χ3n) is 5.16. The van der Waals surface area contributed by atoms with Crippen molar-refractivity contribution in [2.24, 2.45) is 0 Å². The minimum Gasteiger partial charge on any atom is -0.497 e. The maximum atomic E-state index is 12.7. The normalized spacial score (nSPS) is 17.5. The Hall–Kier alpha value is -2.56. The molecule has 0 amide bonds. The summed E-state index contributed by atoms with van der Waals surface area (Å²) in [6, 6.07) is 7.81. The summed E-state index contributed by atoms with van der Waals surface area (Å²) in [4.78, 5) is 28.3. The molecule has 1 aromatic heterocycles. The van der Waals surface area contributed by atoms with Crippen LogP contribution in [-0.4, -0.2) is 30.0 Å². The van der Waals surface area contributed by atoms with Crippen molar-refractivity contribution >= 4 is 11.8 Å². The quantitative estimate of drug-likeness (QED) is 0.816. The van der Waals surface area contributed by atoms with Gasteiger partial charge in [-0.25, -0.2) is 4.79 Å². The second-order valence-corrected chi connectivity index (χ2v) is 6.90. The van der Waals surface area contributed by atoms with E-state index in [1.54, 1.807) is 7.11 Å². The monoisotopic (exact) mass is 355 g/mol. The van der Waals surface area contributed by atoms with E-state index in [4.69, 9.17) is 9.47 Å². The molecule has 5 nitrogen and oxygen atoms in total. The highest BCUT2D eigenvalue weighted by molar-refractivity contribution is 6.03. The van der Waals surface area contributed by atoms with Gasteiger partial charge in [-0.15, -0.1) is 0 Å². The maximum Gasteiger partial charge on any atom is 0.355 e. The largest absolute Gasteiger partial charge is 0.497 e. The maximum absolute atomic E-state index is 12.7. The molecule has 2 aromatic rings. The van der Waals surface area contributed by atoms with Crippen LogP contribution in [-0.2, 0) is 11.2 Å². The lowest BCUT2D eigenvalue weighted by molar-refractivity contribution is 0.0327. The van der Waals surface area contributed by atoms with Gasteiger partial charge in [-0.3, -0.25) is 4.79 Å². The van der Waals surface area contributed by atoms with E-state index in [2.05, 4.69) is 4.98 Å². The molecule has 0 aliphatic heterocycles. The Bertz CT molecular complexity index is 819. The first-order chi connectivity index (χ1) is 12.4. The van der Waals surface area contributed by atoms with Crippen molar-refractivity contribution in [3.05, 3.63) is 52.3 Å². The van der Waals surface area contributed by atoms with Crippen LogP contribution in [0.5, 0.6) is 5.75 Å². The fourth-order valence-electron chi connectivity index (χ4n) is 3.47. The van der Waals surface area contributed by atoms with Crippen molar-refractivity contribution in [2.75, 3.05) is 7.11 Å². The zero-order chi connectivity index (χ0) is 18.8. The van der Waals surface area contributed by atoms with Crippen LogP contribution in [0.15, 0.2) is 24.3 Å². The molecule has 138 valence electrons. The van der Waals surface area contributed by atoms with Crippen LogP contribution in [0.3, 0.4) is 0 Å². The van der Waals surface area contributed by atoms with Gasteiger partial charge in [0.1, 0.15) is 11.4 Å². The van der Waals surface area contributed by atoms with Crippen LogP contribution in [0, 0.1) is 6.92 Å². The van der Waals surface area contributed by atoms with E-state index >= 15 is 0 Å². The number of aromatic nitrogens is 1. The highest BCUT2D eigenvalue weighted by Gasteiger charge is 2.32. The predicted octanol–water partition coefficient (Wildman–Crippen LogP) is 4.20. The van der Waals surface area contributed by atoms with Gasteiger partial charge in [0.2, 0.25) is 0 Å². The van der Waals surface area contributed by atoms with Gasteiger partial charge in [0, 0.05) is 17.7 Å². The molecule has 0 fully saturated rings. The average molecular weight is 355 g/mol. The standard InChI is InChI=1S/C21H25NO4/c1-5-12(2)26-21(24)20-13(3)19-17(22-20)10-15(11-18(19)23)14-6-8-16(25-4)9-7-14/h6-9,12,15,22H,5,10-11H2,1-4H3. The van der Waals surface area contributed by atoms with Crippen LogP contribution in [0.2, 0.25) is 0 Å². The van der Waals surface area contributed by atoms with Crippen LogP contribution in [0.1, 0.15) is 70.3 Å². The van der Waals surface area contributed by atoms with Gasteiger partial charge >= 0.3 is 5.97 Å². The Morgan fingerprint density at radius 3 is 2.58 bits per heavy atom. The molecule has 0 radical (unpaired) electrons. The summed E-state index contributed by atoms with van der Waals surface area (Å²) < 4.78 is 10.6. The number of hydrogen-bond acceptors (Lipinski definition) is 4. The third kappa shape index (κ3) is 3.39.